The molecule has 0 saturated carbocycles. The van der Waals surface area contributed by atoms with Crippen molar-refractivity contribution in [1.82, 2.24) is 5.32 Å². The number of fused-ring (bicyclic) bond motifs is 1. The molecule has 0 fully saturated rings. The molecule has 0 spiro atoms. The second-order valence-electron chi connectivity index (χ2n) is 4.32. The minimum Gasteiger partial charge on any atom is -0.326 e. The Morgan fingerprint density at radius 3 is 2.89 bits per heavy atom. The molecule has 2 rings (SSSR count). The van der Waals surface area contributed by atoms with Gasteiger partial charge in [-0.1, -0.05) is 0 Å². The van der Waals surface area contributed by atoms with Crippen LogP contribution in [-0.2, 0) is 16.0 Å². The Labute approximate surface area is 118 Å². The van der Waals surface area contributed by atoms with E-state index in [1.807, 2.05) is 25.2 Å². The minimum atomic E-state index is -0.0101. The van der Waals surface area contributed by atoms with Crippen LogP contribution in [0.15, 0.2) is 18.2 Å². The number of benzene rings is 1. The van der Waals surface area contributed by atoms with Gasteiger partial charge in [0, 0.05) is 30.8 Å². The van der Waals surface area contributed by atoms with Gasteiger partial charge in [-0.25, -0.2) is 0 Å². The van der Waals surface area contributed by atoms with Crippen molar-refractivity contribution in [2.75, 3.05) is 24.2 Å². The summed E-state index contributed by atoms with van der Waals surface area (Å²) in [6, 6.07) is 5.56. The highest BCUT2D eigenvalue weighted by Crippen LogP contribution is 2.25. The fourth-order valence-corrected chi connectivity index (χ4v) is 1.92. The van der Waals surface area contributed by atoms with E-state index in [2.05, 4.69) is 16.0 Å². The molecule has 6 heteroatoms. The molecule has 0 saturated heterocycles. The number of halogens is 1. The molecule has 0 atom stereocenters. The maximum absolute atomic E-state index is 11.6. The summed E-state index contributed by atoms with van der Waals surface area (Å²) >= 11 is 0. The van der Waals surface area contributed by atoms with E-state index in [4.69, 9.17) is 0 Å². The molecule has 19 heavy (non-hydrogen) atoms. The first kappa shape index (κ1) is 15.5. The number of rotatable bonds is 4. The van der Waals surface area contributed by atoms with Crippen LogP contribution in [0.1, 0.15) is 18.4 Å². The van der Waals surface area contributed by atoms with Crippen molar-refractivity contribution in [3.05, 3.63) is 23.8 Å². The van der Waals surface area contributed by atoms with E-state index >= 15 is 0 Å². The number of carbonyl (C=O) groups excluding carboxylic acids is 2. The summed E-state index contributed by atoms with van der Waals surface area (Å²) < 4.78 is 0. The lowest BCUT2D eigenvalue weighted by molar-refractivity contribution is -0.117. The summed E-state index contributed by atoms with van der Waals surface area (Å²) in [5, 5.41) is 8.59. The average Bonchev–Trinajstić information content (AvgIpc) is 2.36. The molecule has 0 aliphatic carbocycles. The van der Waals surface area contributed by atoms with Crippen molar-refractivity contribution < 1.29 is 9.59 Å². The Hall–Kier alpha value is -1.59. The lowest BCUT2D eigenvalue weighted by Crippen LogP contribution is -2.20. The zero-order valence-corrected chi connectivity index (χ0v) is 11.6. The predicted octanol–water partition coefficient (Wildman–Crippen LogP) is 1.54. The summed E-state index contributed by atoms with van der Waals surface area (Å²) in [5.41, 5.74) is 2.70. The molecule has 3 N–H and O–H groups in total. The highest BCUT2D eigenvalue weighted by atomic mass is 35.5. The first-order valence-corrected chi connectivity index (χ1v) is 6.06. The summed E-state index contributed by atoms with van der Waals surface area (Å²) in [6.07, 6.45) is 1.68. The summed E-state index contributed by atoms with van der Waals surface area (Å²) in [7, 11) is 1.81. The van der Waals surface area contributed by atoms with E-state index in [1.54, 1.807) is 0 Å². The van der Waals surface area contributed by atoms with Crippen LogP contribution in [0.2, 0.25) is 0 Å². The van der Waals surface area contributed by atoms with Gasteiger partial charge in [-0.15, -0.1) is 12.4 Å². The van der Waals surface area contributed by atoms with Gasteiger partial charge in [0.05, 0.1) is 0 Å². The quantitative estimate of drug-likeness (QED) is 0.785. The van der Waals surface area contributed by atoms with E-state index < -0.39 is 0 Å². The minimum absolute atomic E-state index is 0. The van der Waals surface area contributed by atoms with Crippen LogP contribution in [0.25, 0.3) is 0 Å². The summed E-state index contributed by atoms with van der Waals surface area (Å²) in [5.74, 6) is 0.0393. The molecule has 0 radical (unpaired) electrons. The Kier molecular flexibility index (Phi) is 5.79. The molecule has 104 valence electrons. The third-order valence-electron chi connectivity index (χ3n) is 2.89. The molecule has 1 heterocycles. The maximum atomic E-state index is 11.6. The molecule has 5 nitrogen and oxygen atoms in total. The highest BCUT2D eigenvalue weighted by Gasteiger charge is 2.15. The molecule has 0 unspecified atom stereocenters. The standard InChI is InChI=1S/C13H17N3O2.ClH/c1-14-7-6-13(18)15-10-3-4-11-9(8-10)2-5-12(17)16-11;/h3-4,8,14H,2,5-7H2,1H3,(H,15,18)(H,16,17);1H. The van der Waals surface area contributed by atoms with Crippen LogP contribution in [0.3, 0.4) is 0 Å². The van der Waals surface area contributed by atoms with Crippen LogP contribution in [-0.4, -0.2) is 25.4 Å². The Morgan fingerprint density at radius 2 is 2.16 bits per heavy atom. The maximum Gasteiger partial charge on any atom is 0.225 e. The fourth-order valence-electron chi connectivity index (χ4n) is 1.92. The van der Waals surface area contributed by atoms with Gasteiger partial charge in [-0.2, -0.15) is 0 Å². The molecule has 2 amide bonds. The van der Waals surface area contributed by atoms with Gasteiger partial charge < -0.3 is 16.0 Å². The summed E-state index contributed by atoms with van der Waals surface area (Å²) in [6.45, 7) is 0.660. The number of aryl methyl sites for hydroxylation is 1. The van der Waals surface area contributed by atoms with Crippen molar-refractivity contribution in [2.45, 2.75) is 19.3 Å². The van der Waals surface area contributed by atoms with Crippen molar-refractivity contribution in [2.24, 2.45) is 0 Å². The number of carbonyl (C=O) groups is 2. The lowest BCUT2D eigenvalue weighted by atomic mass is 10.0. The smallest absolute Gasteiger partial charge is 0.225 e. The highest BCUT2D eigenvalue weighted by molar-refractivity contribution is 5.95. The SMILES string of the molecule is CNCCC(=O)Nc1ccc2c(c1)CCC(=O)N2.Cl. The predicted molar refractivity (Wildman–Crippen MR) is 77.8 cm³/mol. The van der Waals surface area contributed by atoms with Crippen LogP contribution >= 0.6 is 12.4 Å². The molecular weight excluding hydrogens is 266 g/mol. The number of amides is 2. The molecule has 0 aromatic heterocycles. The van der Waals surface area contributed by atoms with E-state index in [-0.39, 0.29) is 24.2 Å². The first-order valence-electron chi connectivity index (χ1n) is 6.06. The Bertz CT molecular complexity index is 477. The van der Waals surface area contributed by atoms with Gasteiger partial charge in [0.15, 0.2) is 0 Å². The third kappa shape index (κ3) is 4.22. The van der Waals surface area contributed by atoms with Gasteiger partial charge in [0.2, 0.25) is 11.8 Å². The third-order valence-corrected chi connectivity index (χ3v) is 2.89. The first-order chi connectivity index (χ1) is 8.69. The molecule has 1 aromatic rings. The van der Waals surface area contributed by atoms with Gasteiger partial charge in [0.25, 0.3) is 0 Å². The van der Waals surface area contributed by atoms with Crippen LogP contribution in [0, 0.1) is 0 Å². The van der Waals surface area contributed by atoms with Crippen molar-refractivity contribution in [1.29, 1.82) is 0 Å². The number of anilines is 2. The second-order valence-corrected chi connectivity index (χ2v) is 4.32. The van der Waals surface area contributed by atoms with E-state index in [9.17, 15) is 9.59 Å². The molecule has 1 aliphatic heterocycles. The normalized spacial score (nSPS) is 13.0. The monoisotopic (exact) mass is 283 g/mol. The number of nitrogens with one attached hydrogen (secondary N) is 3. The van der Waals surface area contributed by atoms with Gasteiger partial charge >= 0.3 is 0 Å². The number of hydrogen-bond donors (Lipinski definition) is 3. The van der Waals surface area contributed by atoms with Crippen LogP contribution in [0.5, 0.6) is 0 Å². The topological polar surface area (TPSA) is 70.2 Å². The number of hydrogen-bond acceptors (Lipinski definition) is 3. The molecular formula is C13H18ClN3O2. The zero-order chi connectivity index (χ0) is 13.0. The van der Waals surface area contributed by atoms with E-state index in [0.29, 0.717) is 19.4 Å². The second kappa shape index (κ2) is 7.11. The fraction of sp³-hybridized carbons (Fsp3) is 0.385. The molecule has 1 aliphatic rings. The molecule has 0 bridgehead atoms. The van der Waals surface area contributed by atoms with Crippen molar-refractivity contribution >= 4 is 35.6 Å². The zero-order valence-electron chi connectivity index (χ0n) is 10.8. The Morgan fingerprint density at radius 1 is 1.37 bits per heavy atom. The molecule has 1 aromatic carbocycles. The summed E-state index contributed by atoms with van der Waals surface area (Å²) in [4.78, 5) is 22.8. The van der Waals surface area contributed by atoms with E-state index in [0.717, 1.165) is 23.4 Å². The van der Waals surface area contributed by atoms with Crippen LogP contribution < -0.4 is 16.0 Å². The lowest BCUT2D eigenvalue weighted by Gasteiger charge is -2.17. The Balaban J connectivity index is 0.00000180. The van der Waals surface area contributed by atoms with Gasteiger partial charge in [0.1, 0.15) is 0 Å². The van der Waals surface area contributed by atoms with Gasteiger partial charge in [-0.05, 0) is 37.2 Å². The van der Waals surface area contributed by atoms with Crippen LogP contribution in [0.4, 0.5) is 11.4 Å². The van der Waals surface area contributed by atoms with Crippen molar-refractivity contribution in [3.8, 4) is 0 Å². The van der Waals surface area contributed by atoms with Gasteiger partial charge in [-0.3, -0.25) is 9.59 Å². The van der Waals surface area contributed by atoms with E-state index in [1.165, 1.54) is 0 Å². The van der Waals surface area contributed by atoms with Crippen molar-refractivity contribution in [3.63, 3.8) is 0 Å². The average molecular weight is 284 g/mol. The largest absolute Gasteiger partial charge is 0.326 e.